The highest BCUT2D eigenvalue weighted by Gasteiger charge is 2.76. The highest BCUT2D eigenvalue weighted by atomic mass is 19.4. The van der Waals surface area contributed by atoms with Crippen molar-refractivity contribution in [1.82, 2.24) is 14.5 Å². The van der Waals surface area contributed by atoms with Gasteiger partial charge in [-0.2, -0.15) is 30.7 Å². The van der Waals surface area contributed by atoms with E-state index in [0.29, 0.717) is 22.5 Å². The van der Waals surface area contributed by atoms with E-state index in [2.05, 4.69) is 9.97 Å². The first kappa shape index (κ1) is 19.8. The van der Waals surface area contributed by atoms with Gasteiger partial charge in [0.1, 0.15) is 11.3 Å². The number of fused-ring (bicyclic) bond motifs is 1. The fourth-order valence-corrected chi connectivity index (χ4v) is 2.64. The van der Waals surface area contributed by atoms with Gasteiger partial charge in [0.15, 0.2) is 0 Å². The molecule has 148 valence electrons. The van der Waals surface area contributed by atoms with E-state index in [1.165, 1.54) is 12.4 Å². The van der Waals surface area contributed by atoms with E-state index < -0.39 is 29.4 Å². The van der Waals surface area contributed by atoms with Crippen LogP contribution in [0.3, 0.4) is 0 Å². The molecule has 0 fully saturated rings. The zero-order chi connectivity index (χ0) is 20.9. The lowest BCUT2D eigenvalue weighted by Gasteiger charge is -2.27. The number of carbonyl (C=O) groups is 1. The van der Waals surface area contributed by atoms with Gasteiger partial charge in [0.2, 0.25) is 5.78 Å². The minimum atomic E-state index is -6.58. The number of carbonyl (C=O) groups excluding carboxylic acids is 1. The Balaban J connectivity index is 1.99. The van der Waals surface area contributed by atoms with Crippen LogP contribution in [0.5, 0.6) is 0 Å². The van der Waals surface area contributed by atoms with E-state index in [0.717, 1.165) is 24.3 Å². The molecule has 0 aliphatic carbocycles. The average Bonchev–Trinajstić information content (AvgIpc) is 2.95. The number of imidazole rings is 1. The van der Waals surface area contributed by atoms with E-state index in [1.807, 2.05) is 0 Å². The minimum absolute atomic E-state index is 0.341. The number of alkyl halides is 7. The Morgan fingerprint density at radius 3 is 2.14 bits per heavy atom. The van der Waals surface area contributed by atoms with Crippen LogP contribution in [0.2, 0.25) is 0 Å². The molecule has 0 unspecified atom stereocenters. The molecular formula is C17H10F7N3O. The molecule has 0 radical (unpaired) electrons. The van der Waals surface area contributed by atoms with Crippen molar-refractivity contribution in [2.75, 3.05) is 0 Å². The number of rotatable bonds is 4. The fourth-order valence-electron chi connectivity index (χ4n) is 2.64. The number of benzene rings is 1. The molecule has 11 heteroatoms. The summed E-state index contributed by atoms with van der Waals surface area (Å²) in [6.07, 6.45) is -3.61. The first-order valence-corrected chi connectivity index (χ1v) is 7.64. The van der Waals surface area contributed by atoms with Gasteiger partial charge in [-0.15, -0.1) is 0 Å². The van der Waals surface area contributed by atoms with Gasteiger partial charge in [-0.25, -0.2) is 4.98 Å². The molecule has 2 aromatic heterocycles. The normalized spacial score (nSPS) is 13.1. The molecule has 2 heterocycles. The summed E-state index contributed by atoms with van der Waals surface area (Å²) in [5.41, 5.74) is 0.479. The largest absolute Gasteiger partial charge is 0.460 e. The van der Waals surface area contributed by atoms with Gasteiger partial charge in [0.25, 0.3) is 0 Å². The van der Waals surface area contributed by atoms with E-state index in [9.17, 15) is 35.5 Å². The molecule has 4 nitrogen and oxygen atoms in total. The SMILES string of the molecule is Cc1nc2cnccc2n1-c1ccc(C(=O)C(F)(F)C(F)(F)C(F)(F)F)cc1. The van der Waals surface area contributed by atoms with Crippen molar-refractivity contribution < 1.29 is 35.5 Å². The van der Waals surface area contributed by atoms with Crippen LogP contribution >= 0.6 is 0 Å². The molecule has 0 spiro atoms. The Labute approximate surface area is 152 Å². The summed E-state index contributed by atoms with van der Waals surface area (Å²) in [6.45, 7) is 1.64. The number of hydrogen-bond acceptors (Lipinski definition) is 3. The fraction of sp³-hybridized carbons (Fsp3) is 0.235. The van der Waals surface area contributed by atoms with E-state index in [4.69, 9.17) is 0 Å². The Hall–Kier alpha value is -2.98. The highest BCUT2D eigenvalue weighted by Crippen LogP contribution is 2.47. The number of pyridine rings is 1. The number of Topliss-reactive ketones (excluding diaryl/α,β-unsaturated/α-hetero) is 1. The van der Waals surface area contributed by atoms with Crippen molar-refractivity contribution >= 4 is 16.8 Å². The molecule has 1 aromatic carbocycles. The van der Waals surface area contributed by atoms with Crippen LogP contribution in [0.25, 0.3) is 16.7 Å². The second kappa shape index (κ2) is 6.28. The van der Waals surface area contributed by atoms with Crippen LogP contribution < -0.4 is 0 Å². The number of nitrogens with zero attached hydrogens (tertiary/aromatic N) is 3. The average molecular weight is 405 g/mol. The first-order chi connectivity index (χ1) is 12.9. The van der Waals surface area contributed by atoms with Gasteiger partial charge in [-0.1, -0.05) is 0 Å². The van der Waals surface area contributed by atoms with Crippen LogP contribution in [-0.2, 0) is 0 Å². The monoisotopic (exact) mass is 405 g/mol. The number of halogens is 7. The topological polar surface area (TPSA) is 47.8 Å². The highest BCUT2D eigenvalue weighted by molar-refractivity contribution is 6.02. The zero-order valence-electron chi connectivity index (χ0n) is 13.9. The molecule has 0 aliphatic rings. The predicted octanol–water partition coefficient (Wildman–Crippen LogP) is 4.74. The Morgan fingerprint density at radius 2 is 1.57 bits per heavy atom. The first-order valence-electron chi connectivity index (χ1n) is 7.64. The van der Waals surface area contributed by atoms with Crippen LogP contribution in [-0.4, -0.2) is 38.3 Å². The Bertz CT molecular complexity index is 1040. The Kier molecular flexibility index (Phi) is 4.43. The molecule has 0 saturated heterocycles. The summed E-state index contributed by atoms with van der Waals surface area (Å²) in [6, 6.07) is 5.41. The maximum Gasteiger partial charge on any atom is 0.460 e. The van der Waals surface area contributed by atoms with Crippen molar-refractivity contribution in [2.45, 2.75) is 24.9 Å². The number of aromatic nitrogens is 3. The van der Waals surface area contributed by atoms with Crippen LogP contribution in [0.1, 0.15) is 16.2 Å². The molecule has 0 bridgehead atoms. The van der Waals surface area contributed by atoms with Crippen LogP contribution in [0, 0.1) is 6.92 Å². The molecular weight excluding hydrogens is 395 g/mol. The number of ketones is 1. The smallest absolute Gasteiger partial charge is 0.296 e. The van der Waals surface area contributed by atoms with Gasteiger partial charge >= 0.3 is 18.0 Å². The second-order valence-electron chi connectivity index (χ2n) is 5.88. The lowest BCUT2D eigenvalue weighted by Crippen LogP contribution is -2.56. The van der Waals surface area contributed by atoms with Gasteiger partial charge in [0, 0.05) is 17.4 Å². The lowest BCUT2D eigenvalue weighted by molar-refractivity contribution is -0.339. The predicted molar refractivity (Wildman–Crippen MR) is 83.9 cm³/mol. The summed E-state index contributed by atoms with van der Waals surface area (Å²) in [7, 11) is 0. The van der Waals surface area contributed by atoms with E-state index >= 15 is 0 Å². The maximum absolute atomic E-state index is 13.6. The van der Waals surface area contributed by atoms with E-state index in [1.54, 1.807) is 17.6 Å². The standard InChI is InChI=1S/C17H10F7N3O/c1-9-26-12-8-25-7-6-13(12)27(9)11-4-2-10(3-5-11)14(28)15(18,19)16(20,21)17(22,23)24/h2-8H,1H3. The minimum Gasteiger partial charge on any atom is -0.296 e. The number of aryl methyl sites for hydroxylation is 1. The molecule has 0 aliphatic heterocycles. The lowest BCUT2D eigenvalue weighted by atomic mass is 9.99. The summed E-state index contributed by atoms with van der Waals surface area (Å²) in [5.74, 6) is -14.6. The molecule has 0 atom stereocenters. The van der Waals surface area contributed by atoms with E-state index in [-0.39, 0.29) is 0 Å². The quantitative estimate of drug-likeness (QED) is 0.465. The van der Waals surface area contributed by atoms with Gasteiger partial charge < -0.3 is 0 Å². The third-order valence-electron chi connectivity index (χ3n) is 4.05. The Morgan fingerprint density at radius 1 is 0.964 bits per heavy atom. The molecule has 28 heavy (non-hydrogen) atoms. The van der Waals surface area contributed by atoms with Gasteiger partial charge in [0.05, 0.1) is 11.7 Å². The number of hydrogen-bond donors (Lipinski definition) is 0. The molecule has 0 amide bonds. The van der Waals surface area contributed by atoms with Crippen LogP contribution in [0.4, 0.5) is 30.7 Å². The molecule has 0 N–H and O–H groups in total. The van der Waals surface area contributed by atoms with Gasteiger partial charge in [-0.05, 0) is 37.3 Å². The van der Waals surface area contributed by atoms with Crippen LogP contribution in [0.15, 0.2) is 42.7 Å². The zero-order valence-corrected chi connectivity index (χ0v) is 13.9. The molecule has 3 rings (SSSR count). The van der Waals surface area contributed by atoms with Crippen molar-refractivity contribution in [3.05, 3.63) is 54.1 Å². The van der Waals surface area contributed by atoms with Crippen molar-refractivity contribution in [3.8, 4) is 5.69 Å². The second-order valence-corrected chi connectivity index (χ2v) is 5.88. The third-order valence-corrected chi connectivity index (χ3v) is 4.05. The summed E-state index contributed by atoms with van der Waals surface area (Å²) >= 11 is 0. The van der Waals surface area contributed by atoms with Crippen molar-refractivity contribution in [1.29, 1.82) is 0 Å². The third kappa shape index (κ3) is 2.90. The molecule has 0 saturated carbocycles. The maximum atomic E-state index is 13.6. The summed E-state index contributed by atoms with van der Waals surface area (Å²) in [4.78, 5) is 19.8. The molecule has 3 aromatic rings. The summed E-state index contributed by atoms with van der Waals surface area (Å²) < 4.78 is 91.6. The van der Waals surface area contributed by atoms with Crippen molar-refractivity contribution in [3.63, 3.8) is 0 Å². The summed E-state index contributed by atoms with van der Waals surface area (Å²) in [5, 5.41) is 0. The van der Waals surface area contributed by atoms with Gasteiger partial charge in [-0.3, -0.25) is 14.3 Å². The van der Waals surface area contributed by atoms with Crippen molar-refractivity contribution in [2.24, 2.45) is 0 Å².